The van der Waals surface area contributed by atoms with Crippen LogP contribution in [0, 0.1) is 6.92 Å². The summed E-state index contributed by atoms with van der Waals surface area (Å²) in [7, 11) is 0. The van der Waals surface area contributed by atoms with Crippen LogP contribution in [-0.4, -0.2) is 28.3 Å². The van der Waals surface area contributed by atoms with Crippen LogP contribution in [0.5, 0.6) is 0 Å². The topological polar surface area (TPSA) is 46.3 Å². The zero-order valence-electron chi connectivity index (χ0n) is 12.2. The molecule has 0 N–H and O–H groups in total. The quantitative estimate of drug-likeness (QED) is 0.864. The molecule has 112 valence electrons. The van der Waals surface area contributed by atoms with E-state index in [0.29, 0.717) is 12.2 Å². The van der Waals surface area contributed by atoms with E-state index < -0.39 is 0 Å². The fourth-order valence-electron chi connectivity index (χ4n) is 2.47. The number of fused-ring (bicyclic) bond motifs is 1. The summed E-state index contributed by atoms with van der Waals surface area (Å²) in [6.07, 6.45) is 0.940. The highest BCUT2D eigenvalue weighted by Crippen LogP contribution is 2.28. The molecule has 0 fully saturated rings. The average molecular weight is 322 g/mol. The molecule has 2 aromatic heterocycles. The molecule has 3 heterocycles. The summed E-state index contributed by atoms with van der Waals surface area (Å²) < 4.78 is 5.24. The van der Waals surface area contributed by atoms with Crippen LogP contribution >= 0.6 is 23.1 Å². The van der Waals surface area contributed by atoms with Crippen LogP contribution in [0.25, 0.3) is 0 Å². The van der Waals surface area contributed by atoms with Crippen LogP contribution in [0.3, 0.4) is 0 Å². The van der Waals surface area contributed by atoms with Gasteiger partial charge in [-0.3, -0.25) is 4.79 Å². The van der Waals surface area contributed by atoms with Gasteiger partial charge >= 0.3 is 0 Å². The minimum Gasteiger partial charge on any atom is -0.360 e. The highest BCUT2D eigenvalue weighted by atomic mass is 32.2. The van der Waals surface area contributed by atoms with Gasteiger partial charge in [-0.1, -0.05) is 12.1 Å². The number of aryl methyl sites for hydroxylation is 1. The van der Waals surface area contributed by atoms with Gasteiger partial charge in [-0.2, -0.15) is 11.8 Å². The van der Waals surface area contributed by atoms with Crippen molar-refractivity contribution in [1.29, 1.82) is 0 Å². The molecule has 0 aliphatic carbocycles. The van der Waals surface area contributed by atoms with Crippen molar-refractivity contribution in [2.45, 2.75) is 32.6 Å². The summed E-state index contributed by atoms with van der Waals surface area (Å²) >= 11 is 3.56. The van der Waals surface area contributed by atoms with Gasteiger partial charge < -0.3 is 9.42 Å². The summed E-state index contributed by atoms with van der Waals surface area (Å²) in [6, 6.07) is 1.78. The molecule has 0 radical (unpaired) electrons. The smallest absolute Gasteiger partial charge is 0.276 e. The molecule has 0 saturated carbocycles. The van der Waals surface area contributed by atoms with Crippen molar-refractivity contribution < 1.29 is 9.32 Å². The van der Waals surface area contributed by atoms with Crippen LogP contribution in [0.15, 0.2) is 16.0 Å². The minimum absolute atomic E-state index is 0.0252. The van der Waals surface area contributed by atoms with Gasteiger partial charge in [-0.15, -0.1) is 11.3 Å². The Kier molecular flexibility index (Phi) is 4.35. The lowest BCUT2D eigenvalue weighted by Crippen LogP contribution is -2.35. The first-order valence-corrected chi connectivity index (χ1v) is 9.11. The molecule has 3 rings (SSSR count). The summed E-state index contributed by atoms with van der Waals surface area (Å²) in [5, 5.41) is 6.11. The highest BCUT2D eigenvalue weighted by molar-refractivity contribution is 7.98. The van der Waals surface area contributed by atoms with E-state index >= 15 is 0 Å². The predicted molar refractivity (Wildman–Crippen MR) is 85.8 cm³/mol. The Labute approximate surface area is 132 Å². The van der Waals surface area contributed by atoms with E-state index in [4.69, 9.17) is 4.52 Å². The maximum absolute atomic E-state index is 12.5. The number of aromatic nitrogens is 1. The van der Waals surface area contributed by atoms with E-state index in [2.05, 4.69) is 24.4 Å². The zero-order valence-corrected chi connectivity index (χ0v) is 13.9. The first kappa shape index (κ1) is 14.7. The minimum atomic E-state index is -0.0252. The molecular weight excluding hydrogens is 304 g/mol. The van der Waals surface area contributed by atoms with Crippen LogP contribution in [0.4, 0.5) is 0 Å². The lowest BCUT2D eigenvalue weighted by Gasteiger charge is -2.26. The number of hydrogen-bond acceptors (Lipinski definition) is 5. The number of rotatable bonds is 4. The molecule has 0 unspecified atom stereocenters. The number of hydrogen-bond donors (Lipinski definition) is 0. The Morgan fingerprint density at radius 3 is 3.24 bits per heavy atom. The first-order chi connectivity index (χ1) is 10.2. The number of carbonyl (C=O) groups excluding carboxylic acids is 1. The Hall–Kier alpha value is -1.27. The normalized spacial score (nSPS) is 14.3. The Bertz CT molecular complexity index is 648. The largest absolute Gasteiger partial charge is 0.360 e. The highest BCUT2D eigenvalue weighted by Gasteiger charge is 2.26. The standard InChI is InChI=1S/C15H18N2O2S2/c1-3-20-9-11-6-13(16-19-11)15(18)17-5-4-14-12(7-17)10(2)8-21-14/h6,8H,3-5,7,9H2,1-2H3. The van der Waals surface area contributed by atoms with Crippen molar-refractivity contribution in [3.05, 3.63) is 38.9 Å². The van der Waals surface area contributed by atoms with Gasteiger partial charge in [0.05, 0.1) is 5.75 Å². The monoisotopic (exact) mass is 322 g/mol. The molecule has 1 amide bonds. The van der Waals surface area contributed by atoms with Crippen molar-refractivity contribution in [3.63, 3.8) is 0 Å². The second kappa shape index (κ2) is 6.23. The predicted octanol–water partition coefficient (Wildman–Crippen LogP) is 3.50. The molecule has 0 bridgehead atoms. The van der Waals surface area contributed by atoms with E-state index in [9.17, 15) is 4.79 Å². The molecule has 6 heteroatoms. The summed E-state index contributed by atoms with van der Waals surface area (Å²) in [5.74, 6) is 2.54. The number of amides is 1. The molecule has 2 aromatic rings. The van der Waals surface area contributed by atoms with E-state index in [1.165, 1.54) is 16.0 Å². The fourth-order valence-corrected chi connectivity index (χ4v) is 4.05. The second-order valence-electron chi connectivity index (χ2n) is 5.11. The molecule has 0 saturated heterocycles. The number of thioether (sulfide) groups is 1. The van der Waals surface area contributed by atoms with Gasteiger partial charge in [-0.25, -0.2) is 0 Å². The van der Waals surface area contributed by atoms with Crippen molar-refractivity contribution in [2.75, 3.05) is 12.3 Å². The van der Waals surface area contributed by atoms with Crippen LogP contribution in [-0.2, 0) is 18.7 Å². The lowest BCUT2D eigenvalue weighted by atomic mass is 10.1. The van der Waals surface area contributed by atoms with Crippen molar-refractivity contribution in [1.82, 2.24) is 10.1 Å². The fraction of sp³-hybridized carbons (Fsp3) is 0.467. The van der Waals surface area contributed by atoms with E-state index in [-0.39, 0.29) is 5.91 Å². The van der Waals surface area contributed by atoms with E-state index in [0.717, 1.165) is 30.2 Å². The SMILES string of the molecule is CCSCc1cc(C(=O)N2CCc3scc(C)c3C2)no1. The Balaban J connectivity index is 1.71. The maximum atomic E-state index is 12.5. The van der Waals surface area contributed by atoms with Crippen molar-refractivity contribution in [2.24, 2.45) is 0 Å². The zero-order chi connectivity index (χ0) is 14.8. The van der Waals surface area contributed by atoms with Crippen molar-refractivity contribution in [3.8, 4) is 0 Å². The molecule has 0 spiro atoms. The van der Waals surface area contributed by atoms with Crippen LogP contribution in [0.1, 0.15) is 39.2 Å². The average Bonchev–Trinajstić information content (AvgIpc) is 3.11. The Morgan fingerprint density at radius 1 is 1.57 bits per heavy atom. The molecule has 0 aromatic carbocycles. The summed E-state index contributed by atoms with van der Waals surface area (Å²) in [4.78, 5) is 15.8. The third-order valence-corrected chi connectivity index (χ3v) is 5.77. The van der Waals surface area contributed by atoms with Gasteiger partial charge in [0.1, 0.15) is 5.76 Å². The van der Waals surface area contributed by atoms with Gasteiger partial charge in [-0.05, 0) is 35.6 Å². The van der Waals surface area contributed by atoms with Gasteiger partial charge in [0.2, 0.25) is 0 Å². The van der Waals surface area contributed by atoms with Crippen molar-refractivity contribution >= 4 is 29.0 Å². The number of thiophene rings is 1. The van der Waals surface area contributed by atoms with Gasteiger partial charge in [0.25, 0.3) is 5.91 Å². The van der Waals surface area contributed by atoms with E-state index in [1.54, 1.807) is 29.2 Å². The summed E-state index contributed by atoms with van der Waals surface area (Å²) in [5.41, 5.74) is 3.02. The molecular formula is C15H18N2O2S2. The lowest BCUT2D eigenvalue weighted by molar-refractivity contribution is 0.0725. The molecule has 0 atom stereocenters. The third-order valence-electron chi connectivity index (χ3n) is 3.66. The summed E-state index contributed by atoms with van der Waals surface area (Å²) in [6.45, 7) is 5.66. The van der Waals surface area contributed by atoms with Crippen LogP contribution in [0.2, 0.25) is 0 Å². The molecule has 4 nitrogen and oxygen atoms in total. The number of carbonyl (C=O) groups is 1. The second-order valence-corrected chi connectivity index (χ2v) is 7.35. The van der Waals surface area contributed by atoms with Crippen LogP contribution < -0.4 is 0 Å². The number of nitrogens with zero attached hydrogens (tertiary/aromatic N) is 2. The maximum Gasteiger partial charge on any atom is 0.276 e. The van der Waals surface area contributed by atoms with E-state index in [1.807, 2.05) is 4.90 Å². The first-order valence-electron chi connectivity index (χ1n) is 7.07. The molecule has 1 aliphatic heterocycles. The van der Waals surface area contributed by atoms with Gasteiger partial charge in [0, 0.05) is 24.0 Å². The third kappa shape index (κ3) is 3.01. The Morgan fingerprint density at radius 2 is 2.43 bits per heavy atom. The van der Waals surface area contributed by atoms with Gasteiger partial charge in [0.15, 0.2) is 5.69 Å². The molecule has 1 aliphatic rings. The molecule has 21 heavy (non-hydrogen) atoms.